The zero-order valence-electron chi connectivity index (χ0n) is 11.2. The Hall–Kier alpha value is -0.400. The Kier molecular flexibility index (Phi) is 5.48. The number of rotatable bonds is 4. The fourth-order valence-electron chi connectivity index (χ4n) is 2.46. The van der Waals surface area contributed by atoms with Crippen LogP contribution in [0.5, 0.6) is 0 Å². The molecule has 0 bridgehead atoms. The van der Waals surface area contributed by atoms with E-state index >= 15 is 0 Å². The van der Waals surface area contributed by atoms with E-state index in [-0.39, 0.29) is 6.54 Å². The molecule has 0 aromatic rings. The first kappa shape index (κ1) is 17.0. The summed E-state index contributed by atoms with van der Waals surface area (Å²) in [6.45, 7) is -0.563. The standard InChI is InChI=1S/C11H22N2O8/c12-1-3-6(15)7(16)5(13)11(20-3)21-9-4(2-14)19-10(18)8(9)17/h3-11,14-18H,1-2,12-13H2/t3-,4+,5+,6+,7+,8+,9+,10?,11+/m0/s1. The monoisotopic (exact) mass is 310 g/mol. The Labute approximate surface area is 120 Å². The number of aliphatic hydroxyl groups is 5. The highest BCUT2D eigenvalue weighted by molar-refractivity contribution is 4.94. The molecule has 0 aromatic heterocycles. The maximum Gasteiger partial charge on any atom is 0.184 e. The van der Waals surface area contributed by atoms with Crippen LogP contribution in [-0.4, -0.2) is 93.9 Å². The third-order valence-corrected chi connectivity index (χ3v) is 3.76. The van der Waals surface area contributed by atoms with Crippen LogP contribution in [-0.2, 0) is 14.2 Å². The van der Waals surface area contributed by atoms with Gasteiger partial charge in [-0.3, -0.25) is 0 Å². The predicted molar refractivity (Wildman–Crippen MR) is 66.5 cm³/mol. The minimum atomic E-state index is -1.51. The third-order valence-electron chi connectivity index (χ3n) is 3.76. The van der Waals surface area contributed by atoms with E-state index in [1.807, 2.05) is 0 Å². The molecule has 2 aliphatic heterocycles. The van der Waals surface area contributed by atoms with E-state index < -0.39 is 61.9 Å². The topological polar surface area (TPSA) is 181 Å². The van der Waals surface area contributed by atoms with Crippen molar-refractivity contribution in [1.29, 1.82) is 0 Å². The molecule has 0 aliphatic carbocycles. The SMILES string of the molecule is NC[C@@H]1O[C@H](O[C@@H]2[C@@H](CO)OC(O)[C@@H]2O)[C@H](N)[C@@H](O)[C@@H]1O. The van der Waals surface area contributed by atoms with Crippen molar-refractivity contribution in [2.75, 3.05) is 13.2 Å². The van der Waals surface area contributed by atoms with Gasteiger partial charge in [0.15, 0.2) is 12.6 Å². The van der Waals surface area contributed by atoms with Crippen molar-refractivity contribution in [2.45, 2.75) is 55.2 Å². The molecule has 2 saturated heterocycles. The van der Waals surface area contributed by atoms with E-state index in [0.717, 1.165) is 0 Å². The van der Waals surface area contributed by atoms with Gasteiger partial charge in [0.05, 0.1) is 12.6 Å². The average molecular weight is 310 g/mol. The second kappa shape index (κ2) is 6.79. The molecule has 0 spiro atoms. The average Bonchev–Trinajstić information content (AvgIpc) is 2.75. The van der Waals surface area contributed by atoms with Crippen molar-refractivity contribution in [3.8, 4) is 0 Å². The van der Waals surface area contributed by atoms with Crippen LogP contribution in [0.3, 0.4) is 0 Å². The molecule has 2 fully saturated rings. The molecule has 124 valence electrons. The number of aliphatic hydroxyl groups excluding tert-OH is 5. The molecule has 9 atom stereocenters. The summed E-state index contributed by atoms with van der Waals surface area (Å²) in [6.07, 6.45) is -9.62. The molecule has 1 unspecified atom stereocenters. The van der Waals surface area contributed by atoms with Gasteiger partial charge < -0.3 is 51.2 Å². The van der Waals surface area contributed by atoms with Gasteiger partial charge in [-0.25, -0.2) is 0 Å². The van der Waals surface area contributed by atoms with Gasteiger partial charge in [0.1, 0.15) is 36.6 Å². The van der Waals surface area contributed by atoms with Gasteiger partial charge in [-0.1, -0.05) is 0 Å². The second-order valence-electron chi connectivity index (χ2n) is 5.18. The first-order valence-electron chi connectivity index (χ1n) is 6.65. The maximum absolute atomic E-state index is 9.85. The summed E-state index contributed by atoms with van der Waals surface area (Å²) in [4.78, 5) is 0. The minimum absolute atomic E-state index is 0.0689. The van der Waals surface area contributed by atoms with Crippen LogP contribution in [0.25, 0.3) is 0 Å². The first-order chi connectivity index (χ1) is 9.90. The van der Waals surface area contributed by atoms with Crippen molar-refractivity contribution < 1.29 is 39.7 Å². The fourth-order valence-corrected chi connectivity index (χ4v) is 2.46. The molecule has 0 amide bonds. The van der Waals surface area contributed by atoms with Gasteiger partial charge >= 0.3 is 0 Å². The molecule has 9 N–H and O–H groups in total. The van der Waals surface area contributed by atoms with E-state index in [0.29, 0.717) is 0 Å². The highest BCUT2D eigenvalue weighted by Crippen LogP contribution is 2.27. The molecule has 0 saturated carbocycles. The van der Waals surface area contributed by atoms with Crippen molar-refractivity contribution in [3.05, 3.63) is 0 Å². The summed E-state index contributed by atoms with van der Waals surface area (Å²) in [6, 6.07) is -1.09. The summed E-state index contributed by atoms with van der Waals surface area (Å²) < 4.78 is 15.7. The van der Waals surface area contributed by atoms with Crippen LogP contribution in [0.2, 0.25) is 0 Å². The summed E-state index contributed by atoms with van der Waals surface area (Å²) >= 11 is 0. The van der Waals surface area contributed by atoms with E-state index in [2.05, 4.69) is 0 Å². The Morgan fingerprint density at radius 3 is 2.19 bits per heavy atom. The van der Waals surface area contributed by atoms with E-state index in [9.17, 15) is 20.4 Å². The highest BCUT2D eigenvalue weighted by Gasteiger charge is 2.49. The van der Waals surface area contributed by atoms with Crippen LogP contribution in [0.15, 0.2) is 0 Å². The Morgan fingerprint density at radius 1 is 0.952 bits per heavy atom. The Morgan fingerprint density at radius 2 is 1.62 bits per heavy atom. The Balaban J connectivity index is 2.07. The van der Waals surface area contributed by atoms with Gasteiger partial charge in [0, 0.05) is 6.54 Å². The lowest BCUT2D eigenvalue weighted by atomic mass is 9.97. The normalized spacial score (nSPS) is 51.3. The third kappa shape index (κ3) is 3.19. The van der Waals surface area contributed by atoms with Crippen molar-refractivity contribution in [1.82, 2.24) is 0 Å². The zero-order chi connectivity index (χ0) is 15.7. The number of hydrogen-bond donors (Lipinski definition) is 7. The maximum atomic E-state index is 9.85. The molecule has 10 nitrogen and oxygen atoms in total. The highest BCUT2D eigenvalue weighted by atomic mass is 16.7. The first-order valence-corrected chi connectivity index (χ1v) is 6.65. The second-order valence-corrected chi connectivity index (χ2v) is 5.18. The minimum Gasteiger partial charge on any atom is -0.394 e. The fraction of sp³-hybridized carbons (Fsp3) is 1.00. The molecule has 2 rings (SSSR count). The van der Waals surface area contributed by atoms with Gasteiger partial charge in [0.2, 0.25) is 0 Å². The molecular formula is C11H22N2O8. The molecule has 21 heavy (non-hydrogen) atoms. The Bertz CT molecular complexity index is 346. The van der Waals surface area contributed by atoms with Crippen molar-refractivity contribution in [2.24, 2.45) is 11.5 Å². The lowest BCUT2D eigenvalue weighted by Gasteiger charge is -2.42. The van der Waals surface area contributed by atoms with E-state index in [1.165, 1.54) is 0 Å². The molecule has 2 heterocycles. The van der Waals surface area contributed by atoms with Crippen molar-refractivity contribution >= 4 is 0 Å². The summed E-state index contributed by atoms with van der Waals surface area (Å²) in [5, 5.41) is 47.9. The molecule has 2 aliphatic rings. The predicted octanol–water partition coefficient (Wildman–Crippen LogP) is -4.83. The number of nitrogens with two attached hydrogens (primary N) is 2. The van der Waals surface area contributed by atoms with Crippen molar-refractivity contribution in [3.63, 3.8) is 0 Å². The largest absolute Gasteiger partial charge is 0.394 e. The summed E-state index contributed by atoms with van der Waals surface area (Å²) in [7, 11) is 0. The quantitative estimate of drug-likeness (QED) is 0.266. The van der Waals surface area contributed by atoms with E-state index in [4.69, 9.17) is 30.8 Å². The van der Waals surface area contributed by atoms with Crippen LogP contribution < -0.4 is 11.5 Å². The van der Waals surface area contributed by atoms with Gasteiger partial charge in [-0.05, 0) is 0 Å². The molecule has 0 aromatic carbocycles. The summed E-state index contributed by atoms with van der Waals surface area (Å²) in [5.74, 6) is 0. The van der Waals surface area contributed by atoms with Gasteiger partial charge in [-0.15, -0.1) is 0 Å². The molecule has 10 heteroatoms. The molecular weight excluding hydrogens is 288 g/mol. The van der Waals surface area contributed by atoms with E-state index in [1.54, 1.807) is 0 Å². The molecule has 0 radical (unpaired) electrons. The lowest BCUT2D eigenvalue weighted by Crippen LogP contribution is -2.64. The lowest BCUT2D eigenvalue weighted by molar-refractivity contribution is -0.280. The summed E-state index contributed by atoms with van der Waals surface area (Å²) in [5.41, 5.74) is 11.2. The smallest absolute Gasteiger partial charge is 0.184 e. The van der Waals surface area contributed by atoms with Crippen LogP contribution in [0, 0.1) is 0 Å². The van der Waals surface area contributed by atoms with Gasteiger partial charge in [-0.2, -0.15) is 0 Å². The number of ether oxygens (including phenoxy) is 3. The van der Waals surface area contributed by atoms with Crippen LogP contribution >= 0.6 is 0 Å². The van der Waals surface area contributed by atoms with Gasteiger partial charge in [0.25, 0.3) is 0 Å². The number of hydrogen-bond acceptors (Lipinski definition) is 10. The zero-order valence-corrected chi connectivity index (χ0v) is 11.2. The van der Waals surface area contributed by atoms with Crippen LogP contribution in [0.4, 0.5) is 0 Å². The van der Waals surface area contributed by atoms with Crippen LogP contribution in [0.1, 0.15) is 0 Å².